The molecule has 4 rings (SSSR count). The van der Waals surface area contributed by atoms with E-state index in [4.69, 9.17) is 9.47 Å². The summed E-state index contributed by atoms with van der Waals surface area (Å²) in [5.41, 5.74) is 0.815. The summed E-state index contributed by atoms with van der Waals surface area (Å²) in [6.07, 6.45) is 0.327. The number of hydrogen-bond donors (Lipinski definition) is 0. The van der Waals surface area contributed by atoms with Crippen molar-refractivity contribution < 1.29 is 33.0 Å². The Morgan fingerprint density at radius 2 is 1.69 bits per heavy atom. The molecule has 9 heteroatoms. The fourth-order valence-corrected chi connectivity index (χ4v) is 4.61. The number of halogens is 1. The number of carbonyl (C=O) groups is 4. The molecule has 1 fully saturated rings. The normalized spacial score (nSPS) is 13.6. The summed E-state index contributed by atoms with van der Waals surface area (Å²) in [6.45, 7) is 1.50. The molecule has 7 nitrogen and oxygen atoms in total. The first-order valence-corrected chi connectivity index (χ1v) is 10.7. The van der Waals surface area contributed by atoms with Crippen molar-refractivity contribution in [2.24, 2.45) is 0 Å². The van der Waals surface area contributed by atoms with E-state index < -0.39 is 17.8 Å². The van der Waals surface area contributed by atoms with Crippen LogP contribution in [0.5, 0.6) is 0 Å². The van der Waals surface area contributed by atoms with Gasteiger partial charge in [0.15, 0.2) is 0 Å². The van der Waals surface area contributed by atoms with Crippen LogP contribution in [-0.2, 0) is 25.7 Å². The maximum Gasteiger partial charge on any atom is 0.348 e. The number of hydrogen-bond acceptors (Lipinski definition) is 7. The van der Waals surface area contributed by atoms with Crippen molar-refractivity contribution in [1.82, 2.24) is 0 Å². The van der Waals surface area contributed by atoms with Gasteiger partial charge in [-0.05, 0) is 43.3 Å². The third-order valence-corrected chi connectivity index (χ3v) is 6.16. The van der Waals surface area contributed by atoms with Crippen LogP contribution >= 0.6 is 11.3 Å². The molecule has 2 heterocycles. The molecule has 0 radical (unpaired) electrons. The number of carbonyl (C=O) groups excluding carboxylic acids is 4. The smallest absolute Gasteiger partial charge is 0.348 e. The number of nitrogens with zero attached hydrogens (tertiary/aromatic N) is 1. The summed E-state index contributed by atoms with van der Waals surface area (Å²) in [4.78, 5) is 49.9. The minimum atomic E-state index is -0.693. The van der Waals surface area contributed by atoms with Gasteiger partial charge in [0.05, 0.1) is 17.9 Å². The molecule has 0 aliphatic carbocycles. The van der Waals surface area contributed by atoms with E-state index in [0.29, 0.717) is 10.4 Å². The quantitative estimate of drug-likeness (QED) is 0.408. The van der Waals surface area contributed by atoms with Crippen LogP contribution in [0.25, 0.3) is 10.1 Å². The van der Waals surface area contributed by atoms with E-state index >= 15 is 0 Å². The number of anilines is 1. The first-order valence-electron chi connectivity index (χ1n) is 9.90. The van der Waals surface area contributed by atoms with Crippen molar-refractivity contribution in [3.63, 3.8) is 0 Å². The van der Waals surface area contributed by atoms with Crippen LogP contribution in [0, 0.1) is 5.82 Å². The molecule has 1 aliphatic rings. The molecule has 0 N–H and O–H groups in total. The minimum Gasteiger partial charge on any atom is -0.462 e. The predicted octanol–water partition coefficient (Wildman–Crippen LogP) is 4.23. The summed E-state index contributed by atoms with van der Waals surface area (Å²) < 4.78 is 25.4. The third kappa shape index (κ3) is 3.99. The van der Waals surface area contributed by atoms with Gasteiger partial charge in [-0.25, -0.2) is 14.0 Å². The molecular weight excluding hydrogens is 437 g/mol. The SMILES string of the molecule is CCOC(=O)c1sc2cccc(F)c2c1COC(=O)c1ccc(N2C(=O)CCC2=O)cc1. The van der Waals surface area contributed by atoms with Crippen molar-refractivity contribution >= 4 is 50.9 Å². The van der Waals surface area contributed by atoms with Gasteiger partial charge in [0.1, 0.15) is 17.3 Å². The molecule has 3 aromatic rings. The van der Waals surface area contributed by atoms with E-state index in [2.05, 4.69) is 0 Å². The Morgan fingerprint density at radius 3 is 2.34 bits per heavy atom. The van der Waals surface area contributed by atoms with Crippen molar-refractivity contribution in [2.45, 2.75) is 26.4 Å². The lowest BCUT2D eigenvalue weighted by Gasteiger charge is -2.14. The summed E-state index contributed by atoms with van der Waals surface area (Å²) in [7, 11) is 0. The molecule has 1 aromatic heterocycles. The monoisotopic (exact) mass is 455 g/mol. The highest BCUT2D eigenvalue weighted by Crippen LogP contribution is 2.34. The van der Waals surface area contributed by atoms with Gasteiger partial charge in [0, 0.05) is 28.5 Å². The molecule has 1 aliphatic heterocycles. The van der Waals surface area contributed by atoms with E-state index in [-0.39, 0.29) is 59.3 Å². The molecule has 0 saturated carbocycles. The Balaban J connectivity index is 1.55. The van der Waals surface area contributed by atoms with Gasteiger partial charge in [0.2, 0.25) is 11.8 Å². The van der Waals surface area contributed by atoms with E-state index in [1.54, 1.807) is 13.0 Å². The van der Waals surface area contributed by atoms with Crippen LogP contribution in [-0.4, -0.2) is 30.4 Å². The second-order valence-electron chi connectivity index (χ2n) is 6.99. The number of benzene rings is 2. The largest absolute Gasteiger partial charge is 0.462 e. The van der Waals surface area contributed by atoms with E-state index in [1.165, 1.54) is 36.4 Å². The highest BCUT2D eigenvalue weighted by Gasteiger charge is 2.30. The highest BCUT2D eigenvalue weighted by molar-refractivity contribution is 7.21. The van der Waals surface area contributed by atoms with Gasteiger partial charge >= 0.3 is 11.9 Å². The van der Waals surface area contributed by atoms with Crippen molar-refractivity contribution in [2.75, 3.05) is 11.5 Å². The zero-order valence-corrected chi connectivity index (χ0v) is 17.9. The Morgan fingerprint density at radius 1 is 1.00 bits per heavy atom. The summed E-state index contributed by atoms with van der Waals surface area (Å²) >= 11 is 1.07. The molecule has 0 bridgehead atoms. The maximum atomic E-state index is 14.5. The van der Waals surface area contributed by atoms with Gasteiger partial charge in [-0.1, -0.05) is 6.07 Å². The molecule has 32 heavy (non-hydrogen) atoms. The first-order chi connectivity index (χ1) is 15.4. The number of esters is 2. The Labute approximate surface area is 186 Å². The van der Waals surface area contributed by atoms with Crippen molar-refractivity contribution in [3.05, 3.63) is 64.3 Å². The average molecular weight is 455 g/mol. The maximum absolute atomic E-state index is 14.5. The lowest BCUT2D eigenvalue weighted by molar-refractivity contribution is -0.121. The van der Waals surface area contributed by atoms with Crippen LogP contribution in [0.3, 0.4) is 0 Å². The molecule has 0 unspecified atom stereocenters. The van der Waals surface area contributed by atoms with Gasteiger partial charge < -0.3 is 9.47 Å². The highest BCUT2D eigenvalue weighted by atomic mass is 32.1. The number of fused-ring (bicyclic) bond motifs is 1. The number of ether oxygens (including phenoxy) is 2. The molecular formula is C23H18FNO6S. The topological polar surface area (TPSA) is 90.0 Å². The van der Waals surface area contributed by atoms with Gasteiger partial charge in [-0.3, -0.25) is 14.5 Å². The van der Waals surface area contributed by atoms with Crippen LogP contribution < -0.4 is 4.90 Å². The van der Waals surface area contributed by atoms with E-state index in [9.17, 15) is 23.6 Å². The number of thiophene rings is 1. The zero-order valence-electron chi connectivity index (χ0n) is 17.1. The van der Waals surface area contributed by atoms with Gasteiger partial charge in [0.25, 0.3) is 0 Å². The first kappa shape index (κ1) is 21.6. The molecule has 164 valence electrons. The number of amides is 2. The lowest BCUT2D eigenvalue weighted by atomic mass is 10.1. The lowest BCUT2D eigenvalue weighted by Crippen LogP contribution is -2.28. The standard InChI is InChI=1S/C23H18FNO6S/c1-2-30-23(29)21-15(20-16(24)4-3-5-17(20)32-21)12-31-22(28)13-6-8-14(9-7-13)25-18(26)10-11-19(25)27/h3-9H,2,10-12H2,1H3. The van der Waals surface area contributed by atoms with Gasteiger partial charge in [-0.2, -0.15) is 0 Å². The average Bonchev–Trinajstić information content (AvgIpc) is 3.33. The summed E-state index contributed by atoms with van der Waals surface area (Å²) in [6, 6.07) is 10.3. The van der Waals surface area contributed by atoms with Crippen LogP contribution in [0.1, 0.15) is 45.4 Å². The Kier molecular flexibility index (Phi) is 6.00. The van der Waals surface area contributed by atoms with Crippen molar-refractivity contribution in [1.29, 1.82) is 0 Å². The van der Waals surface area contributed by atoms with Crippen LogP contribution in [0.4, 0.5) is 10.1 Å². The minimum absolute atomic E-state index is 0.156. The molecule has 0 atom stereocenters. The predicted molar refractivity (Wildman–Crippen MR) is 115 cm³/mol. The fourth-order valence-electron chi connectivity index (χ4n) is 3.50. The summed E-state index contributed by atoms with van der Waals surface area (Å²) in [5, 5.41) is 0.217. The molecule has 2 amide bonds. The third-order valence-electron chi connectivity index (χ3n) is 4.98. The molecule has 2 aromatic carbocycles. The fraction of sp³-hybridized carbons (Fsp3) is 0.217. The van der Waals surface area contributed by atoms with Crippen LogP contribution in [0.2, 0.25) is 0 Å². The number of imide groups is 1. The van der Waals surface area contributed by atoms with Gasteiger partial charge in [-0.15, -0.1) is 11.3 Å². The Hall–Kier alpha value is -3.59. The number of rotatable bonds is 6. The van der Waals surface area contributed by atoms with Crippen molar-refractivity contribution in [3.8, 4) is 0 Å². The summed E-state index contributed by atoms with van der Waals surface area (Å²) in [5.74, 6) is -2.40. The van der Waals surface area contributed by atoms with Crippen LogP contribution in [0.15, 0.2) is 42.5 Å². The van der Waals surface area contributed by atoms with E-state index in [1.807, 2.05) is 0 Å². The zero-order chi connectivity index (χ0) is 22.8. The second-order valence-corrected chi connectivity index (χ2v) is 8.04. The van der Waals surface area contributed by atoms with E-state index in [0.717, 1.165) is 16.2 Å². The Bertz CT molecular complexity index is 1220. The second kappa shape index (κ2) is 8.88. The molecule has 0 spiro atoms. The molecule has 1 saturated heterocycles.